The highest BCUT2D eigenvalue weighted by Gasteiger charge is 2.28. The van der Waals surface area contributed by atoms with Crippen molar-refractivity contribution >= 4 is 29.1 Å². The van der Waals surface area contributed by atoms with Gasteiger partial charge in [0.15, 0.2) is 6.61 Å². The van der Waals surface area contributed by atoms with Crippen LogP contribution in [0.15, 0.2) is 48.5 Å². The Bertz CT molecular complexity index is 780. The fraction of sp³-hybridized carbons (Fsp3) is 0.176. The van der Waals surface area contributed by atoms with E-state index in [0.29, 0.717) is 10.8 Å². The van der Waals surface area contributed by atoms with E-state index >= 15 is 0 Å². The number of hydrogen-bond acceptors (Lipinski definition) is 3. The number of hydrogen-bond donors (Lipinski definition) is 2. The lowest BCUT2D eigenvalue weighted by molar-refractivity contribution is -0.123. The second kappa shape index (κ2) is 8.57. The summed E-state index contributed by atoms with van der Waals surface area (Å²) in [4.78, 5) is 23.9. The molecule has 2 aromatic rings. The van der Waals surface area contributed by atoms with E-state index < -0.39 is 24.5 Å². The maximum Gasteiger partial charge on any atom is 0.405 e. The Morgan fingerprint density at radius 2 is 1.69 bits per heavy atom. The van der Waals surface area contributed by atoms with Crippen LogP contribution < -0.4 is 15.4 Å². The molecule has 26 heavy (non-hydrogen) atoms. The Morgan fingerprint density at radius 1 is 1.04 bits per heavy atom. The fourth-order valence-electron chi connectivity index (χ4n) is 1.93. The molecule has 0 radical (unpaired) electrons. The average Bonchev–Trinajstić information content (AvgIpc) is 2.59. The molecule has 0 saturated heterocycles. The Balaban J connectivity index is 1.97. The number of alkyl halides is 3. The van der Waals surface area contributed by atoms with Crippen LogP contribution >= 0.6 is 11.6 Å². The van der Waals surface area contributed by atoms with Crippen LogP contribution in [0.4, 0.5) is 18.9 Å². The first-order valence-corrected chi connectivity index (χ1v) is 7.74. The lowest BCUT2D eigenvalue weighted by atomic mass is 10.1. The van der Waals surface area contributed by atoms with Crippen LogP contribution in [0, 0.1) is 0 Å². The van der Waals surface area contributed by atoms with E-state index in [9.17, 15) is 22.8 Å². The van der Waals surface area contributed by atoms with E-state index in [1.54, 1.807) is 29.6 Å². The molecule has 9 heteroatoms. The first-order chi connectivity index (χ1) is 12.2. The van der Waals surface area contributed by atoms with E-state index in [2.05, 4.69) is 5.32 Å². The van der Waals surface area contributed by atoms with Gasteiger partial charge in [0.2, 0.25) is 0 Å². The zero-order valence-electron chi connectivity index (χ0n) is 13.3. The number of carbonyl (C=O) groups is 2. The lowest BCUT2D eigenvalue weighted by Gasteiger charge is -2.13. The molecule has 0 aliphatic carbocycles. The first-order valence-electron chi connectivity index (χ1n) is 7.37. The minimum atomic E-state index is -4.53. The third-order valence-electron chi connectivity index (χ3n) is 3.08. The largest absolute Gasteiger partial charge is 0.484 e. The molecule has 0 aromatic heterocycles. The van der Waals surface area contributed by atoms with E-state index in [0.717, 1.165) is 0 Å². The normalized spacial score (nSPS) is 10.9. The summed E-state index contributed by atoms with van der Waals surface area (Å²) in [5.41, 5.74) is -0.00604. The van der Waals surface area contributed by atoms with Gasteiger partial charge in [-0.15, -0.1) is 0 Å². The molecule has 0 bridgehead atoms. The molecular formula is C17H14ClF3N2O3. The smallest absolute Gasteiger partial charge is 0.405 e. The Labute approximate surface area is 152 Å². The van der Waals surface area contributed by atoms with E-state index in [1.165, 1.54) is 24.3 Å². The zero-order chi connectivity index (χ0) is 19.2. The summed E-state index contributed by atoms with van der Waals surface area (Å²) in [7, 11) is 0. The van der Waals surface area contributed by atoms with E-state index in [4.69, 9.17) is 16.3 Å². The number of anilines is 1. The van der Waals surface area contributed by atoms with Crippen LogP contribution in [-0.2, 0) is 4.79 Å². The van der Waals surface area contributed by atoms with Gasteiger partial charge >= 0.3 is 6.18 Å². The molecule has 0 unspecified atom stereocenters. The summed E-state index contributed by atoms with van der Waals surface area (Å²) in [6, 6.07) is 12.1. The van der Waals surface area contributed by atoms with Crippen LogP contribution in [0.1, 0.15) is 10.4 Å². The molecule has 2 N–H and O–H groups in total. The molecule has 0 saturated carbocycles. The van der Waals surface area contributed by atoms with Crippen molar-refractivity contribution in [3.8, 4) is 5.75 Å². The van der Waals surface area contributed by atoms with Crippen molar-refractivity contribution in [1.82, 2.24) is 5.32 Å². The topological polar surface area (TPSA) is 67.4 Å². The highest BCUT2D eigenvalue weighted by atomic mass is 35.5. The van der Waals surface area contributed by atoms with E-state index in [1.807, 2.05) is 0 Å². The van der Waals surface area contributed by atoms with Crippen LogP contribution in [0.3, 0.4) is 0 Å². The minimum Gasteiger partial charge on any atom is -0.484 e. The van der Waals surface area contributed by atoms with Crippen LogP contribution in [0.2, 0.25) is 5.02 Å². The van der Waals surface area contributed by atoms with Gasteiger partial charge in [0.1, 0.15) is 12.3 Å². The standard InChI is InChI=1S/C17H14ClF3N2O3/c18-11-5-7-12(8-6-11)26-9-15(24)23-14-4-2-1-3-13(14)16(25)22-10-17(19,20)21/h1-8H,9-10H2,(H,22,25)(H,23,24). The minimum absolute atomic E-state index is 0.0804. The number of ether oxygens (including phenoxy) is 1. The van der Waals surface area contributed by atoms with Gasteiger partial charge in [0, 0.05) is 5.02 Å². The Kier molecular flexibility index (Phi) is 6.46. The maximum absolute atomic E-state index is 12.2. The zero-order valence-corrected chi connectivity index (χ0v) is 14.0. The van der Waals surface area contributed by atoms with Gasteiger partial charge in [-0.1, -0.05) is 23.7 Å². The van der Waals surface area contributed by atoms with Crippen LogP contribution in [0.5, 0.6) is 5.75 Å². The predicted octanol–water partition coefficient (Wildman–Crippen LogP) is 3.65. The van der Waals surface area contributed by atoms with E-state index in [-0.39, 0.29) is 17.9 Å². The number of benzene rings is 2. The Morgan fingerprint density at radius 3 is 2.35 bits per heavy atom. The number of amides is 2. The summed E-state index contributed by atoms with van der Waals surface area (Å²) >= 11 is 5.74. The quantitative estimate of drug-likeness (QED) is 0.796. The second-order valence-electron chi connectivity index (χ2n) is 5.13. The fourth-order valence-corrected chi connectivity index (χ4v) is 2.06. The van der Waals surface area contributed by atoms with Gasteiger partial charge in [-0.2, -0.15) is 13.2 Å². The highest BCUT2D eigenvalue weighted by molar-refractivity contribution is 6.30. The summed E-state index contributed by atoms with van der Waals surface area (Å²) in [5.74, 6) is -1.10. The summed E-state index contributed by atoms with van der Waals surface area (Å²) in [6.45, 7) is -1.81. The molecule has 5 nitrogen and oxygen atoms in total. The van der Waals surface area contributed by atoms with Gasteiger partial charge in [-0.05, 0) is 36.4 Å². The van der Waals surface area contributed by atoms with Crippen molar-refractivity contribution in [3.63, 3.8) is 0 Å². The van der Waals surface area contributed by atoms with Crippen molar-refractivity contribution in [3.05, 3.63) is 59.1 Å². The Hall–Kier alpha value is -2.74. The number of rotatable bonds is 6. The van der Waals surface area contributed by atoms with Crippen molar-refractivity contribution in [2.75, 3.05) is 18.5 Å². The molecule has 2 aromatic carbocycles. The third kappa shape index (κ3) is 6.29. The van der Waals surface area contributed by atoms with Crippen molar-refractivity contribution in [2.24, 2.45) is 0 Å². The number of nitrogens with one attached hydrogen (secondary N) is 2. The van der Waals surface area contributed by atoms with Crippen LogP contribution in [-0.4, -0.2) is 31.1 Å². The molecule has 2 rings (SSSR count). The van der Waals surface area contributed by atoms with Gasteiger partial charge in [-0.3, -0.25) is 9.59 Å². The molecular weight excluding hydrogens is 373 g/mol. The maximum atomic E-state index is 12.2. The first kappa shape index (κ1) is 19.6. The molecule has 0 aliphatic rings. The number of halogens is 4. The lowest BCUT2D eigenvalue weighted by Crippen LogP contribution is -2.34. The molecule has 0 fully saturated rings. The van der Waals surface area contributed by atoms with Gasteiger partial charge in [0.05, 0.1) is 11.3 Å². The van der Waals surface area contributed by atoms with Gasteiger partial charge in [-0.25, -0.2) is 0 Å². The van der Waals surface area contributed by atoms with Crippen molar-refractivity contribution in [1.29, 1.82) is 0 Å². The molecule has 138 valence electrons. The molecule has 0 heterocycles. The van der Waals surface area contributed by atoms with Crippen molar-refractivity contribution in [2.45, 2.75) is 6.18 Å². The molecule has 0 aliphatic heterocycles. The number of carbonyl (C=O) groups excluding carboxylic acids is 2. The third-order valence-corrected chi connectivity index (χ3v) is 3.33. The van der Waals surface area contributed by atoms with Crippen LogP contribution in [0.25, 0.3) is 0 Å². The predicted molar refractivity (Wildman–Crippen MR) is 90.4 cm³/mol. The summed E-state index contributed by atoms with van der Waals surface area (Å²) < 4.78 is 41.9. The SMILES string of the molecule is O=C(COc1ccc(Cl)cc1)Nc1ccccc1C(=O)NCC(F)(F)F. The summed E-state index contributed by atoms with van der Waals surface area (Å²) in [5, 5.41) is 4.71. The summed E-state index contributed by atoms with van der Waals surface area (Å²) in [6.07, 6.45) is -4.53. The number of para-hydroxylation sites is 1. The molecule has 0 spiro atoms. The van der Waals surface area contributed by atoms with Gasteiger partial charge in [0.25, 0.3) is 11.8 Å². The monoisotopic (exact) mass is 386 g/mol. The molecule has 0 atom stereocenters. The average molecular weight is 387 g/mol. The van der Waals surface area contributed by atoms with Crippen molar-refractivity contribution < 1.29 is 27.5 Å². The molecule has 2 amide bonds. The second-order valence-corrected chi connectivity index (χ2v) is 5.57. The highest BCUT2D eigenvalue weighted by Crippen LogP contribution is 2.18. The van der Waals surface area contributed by atoms with Gasteiger partial charge < -0.3 is 15.4 Å².